The van der Waals surface area contributed by atoms with Crippen LogP contribution in [0.4, 0.5) is 0 Å². The predicted molar refractivity (Wildman–Crippen MR) is 51.5 cm³/mol. The van der Waals surface area contributed by atoms with Crippen LogP contribution in [0.5, 0.6) is 0 Å². The van der Waals surface area contributed by atoms with Crippen LogP contribution in [0.15, 0.2) is 18.2 Å². The van der Waals surface area contributed by atoms with Crippen molar-refractivity contribution in [3.8, 4) is 0 Å². The van der Waals surface area contributed by atoms with E-state index in [0.717, 1.165) is 11.0 Å². The van der Waals surface area contributed by atoms with Gasteiger partial charge in [0, 0.05) is 16.9 Å². The lowest BCUT2D eigenvalue weighted by Gasteiger charge is -2.05. The van der Waals surface area contributed by atoms with Crippen LogP contribution in [0.25, 0.3) is 0 Å². The van der Waals surface area contributed by atoms with Gasteiger partial charge in [-0.15, -0.1) is 0 Å². The molecule has 0 radical (unpaired) electrons. The van der Waals surface area contributed by atoms with Crippen molar-refractivity contribution in [2.75, 3.05) is 5.33 Å². The Morgan fingerprint density at radius 3 is 2.91 bits per heavy atom. The third-order valence-electron chi connectivity index (χ3n) is 1.47. The Balaban J connectivity index is 2.86. The van der Waals surface area contributed by atoms with Crippen LogP contribution in [0.2, 0.25) is 5.15 Å². The standard InChI is InChI=1S/C8H9BrClN/c1-6(5-9)7-3-2-4-8(10)11-7/h2-4,6H,5H2,1H3. The second kappa shape index (κ2) is 4.07. The Labute approximate surface area is 79.9 Å². The molecule has 1 heterocycles. The fourth-order valence-corrected chi connectivity index (χ4v) is 1.28. The lowest BCUT2D eigenvalue weighted by atomic mass is 10.1. The number of nitrogens with zero attached hydrogens (tertiary/aromatic N) is 1. The molecule has 11 heavy (non-hydrogen) atoms. The second-order valence-corrected chi connectivity index (χ2v) is 3.48. The highest BCUT2D eigenvalue weighted by Crippen LogP contribution is 2.16. The van der Waals surface area contributed by atoms with Crippen molar-refractivity contribution >= 4 is 27.5 Å². The molecule has 1 aromatic heterocycles. The Hall–Kier alpha value is -0.0800. The lowest BCUT2D eigenvalue weighted by Crippen LogP contribution is -1.97. The van der Waals surface area contributed by atoms with E-state index in [9.17, 15) is 0 Å². The lowest BCUT2D eigenvalue weighted by molar-refractivity contribution is 0.841. The van der Waals surface area contributed by atoms with Crippen LogP contribution in [0.3, 0.4) is 0 Å². The van der Waals surface area contributed by atoms with Gasteiger partial charge in [0.1, 0.15) is 5.15 Å². The van der Waals surface area contributed by atoms with Crippen LogP contribution in [-0.2, 0) is 0 Å². The first-order chi connectivity index (χ1) is 5.24. The molecular weight excluding hydrogens is 225 g/mol. The molecule has 1 unspecified atom stereocenters. The highest BCUT2D eigenvalue weighted by atomic mass is 79.9. The molecule has 0 aliphatic heterocycles. The Morgan fingerprint density at radius 1 is 1.64 bits per heavy atom. The van der Waals surface area contributed by atoms with Gasteiger partial charge >= 0.3 is 0 Å². The van der Waals surface area contributed by atoms with Crippen molar-refractivity contribution in [2.24, 2.45) is 0 Å². The van der Waals surface area contributed by atoms with Crippen molar-refractivity contribution in [2.45, 2.75) is 12.8 Å². The van der Waals surface area contributed by atoms with Crippen LogP contribution in [-0.4, -0.2) is 10.3 Å². The molecule has 0 saturated carbocycles. The van der Waals surface area contributed by atoms with Crippen LogP contribution in [0, 0.1) is 0 Å². The fourth-order valence-electron chi connectivity index (χ4n) is 0.777. The molecule has 0 aliphatic carbocycles. The van der Waals surface area contributed by atoms with E-state index in [0.29, 0.717) is 11.1 Å². The van der Waals surface area contributed by atoms with Gasteiger partial charge in [-0.1, -0.05) is 40.5 Å². The normalized spacial score (nSPS) is 13.0. The molecule has 3 heteroatoms. The van der Waals surface area contributed by atoms with Gasteiger partial charge in [-0.3, -0.25) is 0 Å². The number of hydrogen-bond acceptors (Lipinski definition) is 1. The van der Waals surface area contributed by atoms with E-state index in [2.05, 4.69) is 27.8 Å². The molecule has 1 nitrogen and oxygen atoms in total. The first-order valence-electron chi connectivity index (χ1n) is 3.42. The summed E-state index contributed by atoms with van der Waals surface area (Å²) in [7, 11) is 0. The van der Waals surface area contributed by atoms with E-state index in [1.807, 2.05) is 12.1 Å². The molecule has 1 aromatic rings. The Kier molecular flexibility index (Phi) is 3.34. The molecule has 0 fully saturated rings. The molecule has 1 rings (SSSR count). The molecule has 0 N–H and O–H groups in total. The molecule has 0 bridgehead atoms. The zero-order valence-electron chi connectivity index (χ0n) is 6.22. The van der Waals surface area contributed by atoms with Crippen molar-refractivity contribution in [3.63, 3.8) is 0 Å². The number of halogens is 2. The van der Waals surface area contributed by atoms with E-state index in [1.165, 1.54) is 0 Å². The molecular formula is C8H9BrClN. The van der Waals surface area contributed by atoms with Crippen molar-refractivity contribution < 1.29 is 0 Å². The Bertz CT molecular complexity index is 239. The van der Waals surface area contributed by atoms with Gasteiger partial charge in [-0.05, 0) is 12.1 Å². The Morgan fingerprint density at radius 2 is 2.36 bits per heavy atom. The maximum Gasteiger partial charge on any atom is 0.129 e. The highest BCUT2D eigenvalue weighted by Gasteiger charge is 2.04. The number of pyridine rings is 1. The second-order valence-electron chi connectivity index (χ2n) is 2.44. The number of alkyl halides is 1. The average molecular weight is 235 g/mol. The monoisotopic (exact) mass is 233 g/mol. The molecule has 0 aliphatic rings. The minimum absolute atomic E-state index is 0.425. The van der Waals surface area contributed by atoms with Crippen LogP contribution >= 0.6 is 27.5 Å². The third kappa shape index (κ3) is 2.46. The van der Waals surface area contributed by atoms with Gasteiger partial charge in [0.05, 0.1) is 0 Å². The summed E-state index contributed by atoms with van der Waals surface area (Å²) in [5.41, 5.74) is 1.04. The van der Waals surface area contributed by atoms with Crippen molar-refractivity contribution in [1.29, 1.82) is 0 Å². The fraction of sp³-hybridized carbons (Fsp3) is 0.375. The minimum atomic E-state index is 0.425. The summed E-state index contributed by atoms with van der Waals surface area (Å²) in [4.78, 5) is 4.18. The molecule has 0 spiro atoms. The van der Waals surface area contributed by atoms with Crippen LogP contribution in [0.1, 0.15) is 18.5 Å². The maximum atomic E-state index is 5.72. The van der Waals surface area contributed by atoms with E-state index in [-0.39, 0.29) is 0 Å². The summed E-state index contributed by atoms with van der Waals surface area (Å²) in [6, 6.07) is 5.69. The van der Waals surface area contributed by atoms with E-state index < -0.39 is 0 Å². The summed E-state index contributed by atoms with van der Waals surface area (Å²) in [5, 5.41) is 1.48. The first-order valence-corrected chi connectivity index (χ1v) is 4.92. The maximum absolute atomic E-state index is 5.72. The average Bonchev–Trinajstić information content (AvgIpc) is 2.03. The van der Waals surface area contributed by atoms with Gasteiger partial charge in [0.2, 0.25) is 0 Å². The molecule has 60 valence electrons. The van der Waals surface area contributed by atoms with Crippen molar-refractivity contribution in [1.82, 2.24) is 4.98 Å². The molecule has 1 atom stereocenters. The smallest absolute Gasteiger partial charge is 0.129 e. The van der Waals surface area contributed by atoms with E-state index in [1.54, 1.807) is 6.07 Å². The predicted octanol–water partition coefficient (Wildman–Crippen LogP) is 3.23. The topological polar surface area (TPSA) is 12.9 Å². The van der Waals surface area contributed by atoms with E-state index in [4.69, 9.17) is 11.6 Å². The quantitative estimate of drug-likeness (QED) is 0.565. The first kappa shape index (κ1) is 9.01. The number of rotatable bonds is 2. The highest BCUT2D eigenvalue weighted by molar-refractivity contribution is 9.09. The molecule has 0 saturated heterocycles. The van der Waals surface area contributed by atoms with Gasteiger partial charge in [0.25, 0.3) is 0 Å². The molecule has 0 amide bonds. The number of hydrogen-bond donors (Lipinski definition) is 0. The largest absolute Gasteiger partial charge is 0.241 e. The van der Waals surface area contributed by atoms with Crippen LogP contribution < -0.4 is 0 Å². The van der Waals surface area contributed by atoms with Gasteiger partial charge in [0.15, 0.2) is 0 Å². The third-order valence-corrected chi connectivity index (χ3v) is 2.65. The van der Waals surface area contributed by atoms with E-state index >= 15 is 0 Å². The summed E-state index contributed by atoms with van der Waals surface area (Å²) < 4.78 is 0. The summed E-state index contributed by atoms with van der Waals surface area (Å²) in [6.07, 6.45) is 0. The zero-order chi connectivity index (χ0) is 8.27. The zero-order valence-corrected chi connectivity index (χ0v) is 8.56. The SMILES string of the molecule is CC(CBr)c1cccc(Cl)n1. The summed E-state index contributed by atoms with van der Waals surface area (Å²) in [5.74, 6) is 0.425. The van der Waals surface area contributed by atoms with Gasteiger partial charge < -0.3 is 0 Å². The molecule has 0 aromatic carbocycles. The van der Waals surface area contributed by atoms with Gasteiger partial charge in [-0.2, -0.15) is 0 Å². The summed E-state index contributed by atoms with van der Waals surface area (Å²) >= 11 is 9.11. The van der Waals surface area contributed by atoms with Crippen molar-refractivity contribution in [3.05, 3.63) is 29.0 Å². The number of aromatic nitrogens is 1. The minimum Gasteiger partial charge on any atom is -0.241 e. The van der Waals surface area contributed by atoms with Gasteiger partial charge in [-0.25, -0.2) is 4.98 Å². The summed E-state index contributed by atoms with van der Waals surface area (Å²) in [6.45, 7) is 2.10.